The van der Waals surface area contributed by atoms with Crippen molar-refractivity contribution in [3.05, 3.63) is 35.1 Å². The Kier molecular flexibility index (Phi) is 3.83. The zero-order valence-electron chi connectivity index (χ0n) is 8.08. The molecule has 0 bridgehead atoms. The summed E-state index contributed by atoms with van der Waals surface area (Å²) in [5.41, 5.74) is 0.421. The van der Waals surface area contributed by atoms with Crippen molar-refractivity contribution in [2.75, 3.05) is 13.7 Å². The van der Waals surface area contributed by atoms with E-state index in [-0.39, 0.29) is 12.2 Å². The SMILES string of the molecule is COC(=O)c1cc(F)cc(C#CCO)c1. The first-order valence-corrected chi connectivity index (χ1v) is 4.16. The molecule has 15 heavy (non-hydrogen) atoms. The minimum Gasteiger partial charge on any atom is -0.465 e. The molecule has 0 aliphatic heterocycles. The lowest BCUT2D eigenvalue weighted by Crippen LogP contribution is -2.02. The van der Waals surface area contributed by atoms with Crippen LogP contribution in [0.25, 0.3) is 0 Å². The molecule has 0 fully saturated rings. The normalized spacial score (nSPS) is 9.00. The molecule has 0 aliphatic rings. The topological polar surface area (TPSA) is 46.5 Å². The lowest BCUT2D eigenvalue weighted by Gasteiger charge is -2.00. The molecule has 0 heterocycles. The maximum atomic E-state index is 13.0. The third kappa shape index (κ3) is 3.08. The second kappa shape index (κ2) is 5.13. The van der Waals surface area contributed by atoms with E-state index in [0.717, 1.165) is 6.07 Å². The first-order valence-electron chi connectivity index (χ1n) is 4.16. The minimum absolute atomic E-state index is 0.0970. The largest absolute Gasteiger partial charge is 0.465 e. The molecule has 3 nitrogen and oxygen atoms in total. The van der Waals surface area contributed by atoms with Gasteiger partial charge in [-0.05, 0) is 18.2 Å². The van der Waals surface area contributed by atoms with Gasteiger partial charge in [0.05, 0.1) is 12.7 Å². The lowest BCUT2D eigenvalue weighted by molar-refractivity contribution is 0.0600. The van der Waals surface area contributed by atoms with Gasteiger partial charge in [0.1, 0.15) is 12.4 Å². The summed E-state index contributed by atoms with van der Waals surface area (Å²) in [5, 5.41) is 8.46. The highest BCUT2D eigenvalue weighted by Gasteiger charge is 2.07. The van der Waals surface area contributed by atoms with E-state index in [1.54, 1.807) is 0 Å². The van der Waals surface area contributed by atoms with E-state index in [2.05, 4.69) is 16.6 Å². The van der Waals surface area contributed by atoms with Crippen molar-refractivity contribution in [2.24, 2.45) is 0 Å². The summed E-state index contributed by atoms with van der Waals surface area (Å²) >= 11 is 0. The Labute approximate surface area is 86.5 Å². The van der Waals surface area contributed by atoms with E-state index in [1.807, 2.05) is 0 Å². The summed E-state index contributed by atoms with van der Waals surface area (Å²) in [6.45, 7) is -0.315. The number of hydrogen-bond acceptors (Lipinski definition) is 3. The molecule has 1 aromatic carbocycles. The van der Waals surface area contributed by atoms with Crippen LogP contribution in [-0.2, 0) is 4.74 Å². The van der Waals surface area contributed by atoms with E-state index in [9.17, 15) is 9.18 Å². The van der Waals surface area contributed by atoms with Crippen LogP contribution in [0.4, 0.5) is 4.39 Å². The molecule has 0 saturated carbocycles. The fraction of sp³-hybridized carbons (Fsp3) is 0.182. The van der Waals surface area contributed by atoms with Crippen LogP contribution >= 0.6 is 0 Å². The maximum absolute atomic E-state index is 13.0. The van der Waals surface area contributed by atoms with Crippen molar-refractivity contribution >= 4 is 5.97 Å². The van der Waals surface area contributed by atoms with Gasteiger partial charge in [-0.15, -0.1) is 0 Å². The van der Waals surface area contributed by atoms with Crippen molar-refractivity contribution in [3.8, 4) is 11.8 Å². The maximum Gasteiger partial charge on any atom is 0.337 e. The Morgan fingerprint density at radius 1 is 1.53 bits per heavy atom. The molecule has 0 unspecified atom stereocenters. The summed E-state index contributed by atoms with van der Waals surface area (Å²) in [5.74, 6) is 3.68. The van der Waals surface area contributed by atoms with Crippen LogP contribution in [-0.4, -0.2) is 24.8 Å². The summed E-state index contributed by atoms with van der Waals surface area (Å²) in [4.78, 5) is 11.1. The van der Waals surface area contributed by atoms with E-state index in [1.165, 1.54) is 19.2 Å². The fourth-order valence-corrected chi connectivity index (χ4v) is 1.04. The summed E-state index contributed by atoms with van der Waals surface area (Å²) in [6, 6.07) is 3.64. The van der Waals surface area contributed by atoms with Gasteiger partial charge in [0.15, 0.2) is 0 Å². The number of halogens is 1. The van der Waals surface area contributed by atoms with Gasteiger partial charge in [-0.1, -0.05) is 11.8 Å². The van der Waals surface area contributed by atoms with Gasteiger partial charge in [0.2, 0.25) is 0 Å². The summed E-state index contributed by atoms with van der Waals surface area (Å²) in [7, 11) is 1.21. The minimum atomic E-state index is -0.624. The molecular weight excluding hydrogens is 199 g/mol. The third-order valence-electron chi connectivity index (χ3n) is 1.63. The predicted molar refractivity (Wildman–Crippen MR) is 51.7 cm³/mol. The summed E-state index contributed by atoms with van der Waals surface area (Å²) < 4.78 is 17.5. The average Bonchev–Trinajstić information content (AvgIpc) is 2.24. The van der Waals surface area contributed by atoms with Crippen LogP contribution in [0.1, 0.15) is 15.9 Å². The third-order valence-corrected chi connectivity index (χ3v) is 1.63. The van der Waals surface area contributed by atoms with Crippen molar-refractivity contribution < 1.29 is 19.0 Å². The average molecular weight is 208 g/mol. The Balaban J connectivity index is 3.10. The molecule has 4 heteroatoms. The van der Waals surface area contributed by atoms with Gasteiger partial charge in [-0.3, -0.25) is 0 Å². The molecule has 0 amide bonds. The van der Waals surface area contributed by atoms with Crippen LogP contribution in [0.5, 0.6) is 0 Å². The Bertz CT molecular complexity index is 429. The lowest BCUT2D eigenvalue weighted by atomic mass is 10.1. The Morgan fingerprint density at radius 3 is 2.87 bits per heavy atom. The van der Waals surface area contributed by atoms with Crippen LogP contribution in [0, 0.1) is 17.7 Å². The van der Waals surface area contributed by atoms with Crippen molar-refractivity contribution in [1.29, 1.82) is 0 Å². The zero-order valence-corrected chi connectivity index (χ0v) is 8.08. The number of carbonyl (C=O) groups excluding carboxylic acids is 1. The predicted octanol–water partition coefficient (Wildman–Crippen LogP) is 0.956. The fourth-order valence-electron chi connectivity index (χ4n) is 1.04. The first-order chi connectivity index (χ1) is 7.17. The Morgan fingerprint density at radius 2 is 2.27 bits per heavy atom. The van der Waals surface area contributed by atoms with Gasteiger partial charge >= 0.3 is 5.97 Å². The molecule has 0 spiro atoms. The number of rotatable bonds is 1. The highest BCUT2D eigenvalue weighted by molar-refractivity contribution is 5.89. The number of ether oxygens (including phenoxy) is 1. The van der Waals surface area contributed by atoms with Crippen LogP contribution in [0.2, 0.25) is 0 Å². The Hall–Kier alpha value is -1.86. The van der Waals surface area contributed by atoms with Gasteiger partial charge < -0.3 is 9.84 Å². The number of aliphatic hydroxyl groups excluding tert-OH is 1. The first kappa shape index (κ1) is 11.2. The molecule has 1 aromatic rings. The van der Waals surface area contributed by atoms with E-state index in [0.29, 0.717) is 5.56 Å². The van der Waals surface area contributed by atoms with Crippen LogP contribution < -0.4 is 0 Å². The number of carbonyl (C=O) groups is 1. The molecule has 0 aromatic heterocycles. The number of methoxy groups -OCH3 is 1. The van der Waals surface area contributed by atoms with E-state index >= 15 is 0 Å². The number of hydrogen-bond donors (Lipinski definition) is 1. The molecule has 1 rings (SSSR count). The van der Waals surface area contributed by atoms with Crippen molar-refractivity contribution in [3.63, 3.8) is 0 Å². The number of esters is 1. The van der Waals surface area contributed by atoms with E-state index in [4.69, 9.17) is 5.11 Å². The van der Waals surface area contributed by atoms with Gasteiger partial charge in [-0.25, -0.2) is 9.18 Å². The quantitative estimate of drug-likeness (QED) is 0.552. The molecule has 1 N–H and O–H groups in total. The second-order valence-electron chi connectivity index (χ2n) is 2.68. The highest BCUT2D eigenvalue weighted by Crippen LogP contribution is 2.09. The van der Waals surface area contributed by atoms with Crippen LogP contribution in [0.3, 0.4) is 0 Å². The monoisotopic (exact) mass is 208 g/mol. The smallest absolute Gasteiger partial charge is 0.337 e. The number of aliphatic hydroxyl groups is 1. The van der Waals surface area contributed by atoms with E-state index < -0.39 is 11.8 Å². The van der Waals surface area contributed by atoms with Crippen molar-refractivity contribution in [2.45, 2.75) is 0 Å². The zero-order chi connectivity index (χ0) is 11.3. The molecule has 0 aliphatic carbocycles. The number of benzene rings is 1. The molecule has 0 radical (unpaired) electrons. The molecule has 78 valence electrons. The van der Waals surface area contributed by atoms with Gasteiger partial charge in [0, 0.05) is 5.56 Å². The van der Waals surface area contributed by atoms with Crippen LogP contribution in [0.15, 0.2) is 18.2 Å². The molecule has 0 saturated heterocycles. The van der Waals surface area contributed by atoms with Crippen molar-refractivity contribution in [1.82, 2.24) is 0 Å². The second-order valence-corrected chi connectivity index (χ2v) is 2.68. The van der Waals surface area contributed by atoms with Gasteiger partial charge in [-0.2, -0.15) is 0 Å². The molecule has 0 atom stereocenters. The van der Waals surface area contributed by atoms with Gasteiger partial charge in [0.25, 0.3) is 0 Å². The summed E-state index contributed by atoms with van der Waals surface area (Å²) in [6.07, 6.45) is 0. The standard InChI is InChI=1S/C11H9FO3/c1-15-11(14)9-5-8(3-2-4-13)6-10(12)7-9/h5-7,13H,4H2,1H3. The molecular formula is C11H9FO3. The highest BCUT2D eigenvalue weighted by atomic mass is 19.1.